The van der Waals surface area contributed by atoms with E-state index < -0.39 is 0 Å². The zero-order valence-electron chi connectivity index (χ0n) is 24.8. The number of rotatable bonds is 5. The van der Waals surface area contributed by atoms with Crippen molar-refractivity contribution < 1.29 is 4.74 Å². The predicted octanol–water partition coefficient (Wildman–Crippen LogP) is 7.61. The highest BCUT2D eigenvalue weighted by Gasteiger charge is 2.32. The number of methoxy groups -OCH3 is 1. The summed E-state index contributed by atoms with van der Waals surface area (Å²) in [6, 6.07) is 6.86. The van der Waals surface area contributed by atoms with Crippen LogP contribution in [0.3, 0.4) is 0 Å². The molecule has 0 aliphatic carbocycles. The smallest absolute Gasteiger partial charge is 0.164 e. The van der Waals surface area contributed by atoms with Gasteiger partial charge in [-0.05, 0) is 66.1 Å². The molecule has 8 bridgehead atoms. The Labute approximate surface area is 227 Å². The molecule has 5 rings (SSSR count). The fourth-order valence-electron chi connectivity index (χ4n) is 6.59. The first kappa shape index (κ1) is 26.5. The standard InChI is InChI=1S/C33H44N4O/c1-10-20-21(11-2)25-15-29-33(7,8)18-27(36-29)31(38-9)30-23(13-4)22(12-3)26(37-30)16-28-32(5,6)17-19(34-28)14-24(20)35-25/h14-16,35,37H,10-13,17-18H2,1-9H3. The summed E-state index contributed by atoms with van der Waals surface area (Å²) < 4.78 is 6.14. The van der Waals surface area contributed by atoms with E-state index in [2.05, 4.69) is 83.6 Å². The number of aryl methyl sites for hydroxylation is 4. The highest BCUT2D eigenvalue weighted by molar-refractivity contribution is 5.78. The van der Waals surface area contributed by atoms with Gasteiger partial charge < -0.3 is 14.7 Å². The van der Waals surface area contributed by atoms with Crippen molar-refractivity contribution in [2.45, 2.75) is 105 Å². The number of hydrogen-bond acceptors (Lipinski definition) is 3. The first-order chi connectivity index (χ1) is 18.1. The summed E-state index contributed by atoms with van der Waals surface area (Å²) in [6.45, 7) is 18.2. The van der Waals surface area contributed by atoms with Crippen molar-refractivity contribution in [3.63, 3.8) is 0 Å². The molecule has 2 N–H and O–H groups in total. The molecule has 0 atom stereocenters. The second-order valence-corrected chi connectivity index (χ2v) is 12.2. The molecule has 0 aromatic carbocycles. The molecule has 0 saturated heterocycles. The molecule has 3 aromatic heterocycles. The molecule has 0 amide bonds. The minimum atomic E-state index is -0.0933. The van der Waals surface area contributed by atoms with Gasteiger partial charge in [0.2, 0.25) is 0 Å². The molecule has 202 valence electrons. The van der Waals surface area contributed by atoms with Crippen LogP contribution >= 0.6 is 0 Å². The molecule has 0 saturated carbocycles. The minimum Gasteiger partial charge on any atom is -0.493 e. The summed E-state index contributed by atoms with van der Waals surface area (Å²) in [4.78, 5) is 18.0. The maximum atomic E-state index is 6.14. The molecule has 2 aliphatic heterocycles. The van der Waals surface area contributed by atoms with Gasteiger partial charge in [-0.2, -0.15) is 0 Å². The van der Waals surface area contributed by atoms with Crippen LogP contribution in [0.25, 0.3) is 22.1 Å². The van der Waals surface area contributed by atoms with Gasteiger partial charge >= 0.3 is 0 Å². The van der Waals surface area contributed by atoms with Crippen LogP contribution in [0.5, 0.6) is 5.75 Å². The monoisotopic (exact) mass is 512 g/mol. The van der Waals surface area contributed by atoms with Crippen molar-refractivity contribution in [1.29, 1.82) is 0 Å². The molecule has 0 spiro atoms. The van der Waals surface area contributed by atoms with Crippen LogP contribution in [-0.2, 0) is 49.4 Å². The minimum absolute atomic E-state index is 0.0409. The number of aromatic amines is 2. The van der Waals surface area contributed by atoms with Crippen molar-refractivity contribution in [3.05, 3.63) is 63.2 Å². The Morgan fingerprint density at radius 1 is 0.684 bits per heavy atom. The van der Waals surface area contributed by atoms with E-state index >= 15 is 0 Å². The Morgan fingerprint density at radius 2 is 1.18 bits per heavy atom. The van der Waals surface area contributed by atoms with Crippen LogP contribution in [0.1, 0.15) is 100 Å². The fraction of sp³-hybridized carbons (Fsp3) is 0.515. The molecule has 3 aromatic rings. The second kappa shape index (κ2) is 9.59. The summed E-state index contributed by atoms with van der Waals surface area (Å²) in [5, 5.41) is 0. The van der Waals surface area contributed by atoms with E-state index in [1.165, 1.54) is 33.3 Å². The molecule has 0 radical (unpaired) electrons. The van der Waals surface area contributed by atoms with Gasteiger partial charge in [0, 0.05) is 57.3 Å². The lowest BCUT2D eigenvalue weighted by Crippen LogP contribution is -2.15. The van der Waals surface area contributed by atoms with Crippen molar-refractivity contribution in [3.8, 4) is 5.75 Å². The molecule has 5 heterocycles. The first-order valence-corrected chi connectivity index (χ1v) is 14.4. The quantitative estimate of drug-likeness (QED) is 0.370. The Morgan fingerprint density at radius 3 is 1.76 bits per heavy atom. The van der Waals surface area contributed by atoms with Crippen LogP contribution in [0.4, 0.5) is 0 Å². The third-order valence-electron chi connectivity index (χ3n) is 8.65. The Kier molecular flexibility index (Phi) is 6.69. The van der Waals surface area contributed by atoms with E-state index in [1.54, 1.807) is 7.11 Å². The maximum absolute atomic E-state index is 6.14. The third-order valence-corrected chi connectivity index (χ3v) is 8.65. The summed E-state index contributed by atoms with van der Waals surface area (Å²) >= 11 is 0. The Bertz CT molecular complexity index is 1550. The van der Waals surface area contributed by atoms with E-state index in [1.807, 2.05) is 0 Å². The van der Waals surface area contributed by atoms with Crippen LogP contribution in [-0.4, -0.2) is 27.0 Å². The van der Waals surface area contributed by atoms with Crippen molar-refractivity contribution in [2.24, 2.45) is 0 Å². The average molecular weight is 513 g/mol. The van der Waals surface area contributed by atoms with Gasteiger partial charge in [0.05, 0.1) is 18.3 Å². The van der Waals surface area contributed by atoms with E-state index in [-0.39, 0.29) is 10.8 Å². The lowest BCUT2D eigenvalue weighted by atomic mass is 9.86. The molecule has 5 heteroatoms. The Balaban J connectivity index is 2.02. The highest BCUT2D eigenvalue weighted by atomic mass is 16.5. The molecule has 38 heavy (non-hydrogen) atoms. The summed E-state index contributed by atoms with van der Waals surface area (Å²) in [5.74, 6) is 0.866. The van der Waals surface area contributed by atoms with Crippen molar-refractivity contribution in [2.75, 3.05) is 7.11 Å². The number of aromatic nitrogens is 4. The van der Waals surface area contributed by atoms with Crippen LogP contribution in [0.15, 0.2) is 18.2 Å². The molecular weight excluding hydrogens is 468 g/mol. The van der Waals surface area contributed by atoms with Gasteiger partial charge in [0.1, 0.15) is 0 Å². The third kappa shape index (κ3) is 4.24. The van der Waals surface area contributed by atoms with E-state index in [4.69, 9.17) is 14.7 Å². The number of ether oxygens (including phenoxy) is 1. The van der Waals surface area contributed by atoms with Gasteiger partial charge in [-0.15, -0.1) is 0 Å². The van der Waals surface area contributed by atoms with Crippen molar-refractivity contribution >= 4 is 22.1 Å². The lowest BCUT2D eigenvalue weighted by Gasteiger charge is -2.16. The zero-order valence-corrected chi connectivity index (χ0v) is 24.8. The van der Waals surface area contributed by atoms with Gasteiger partial charge in [-0.3, -0.25) is 9.97 Å². The van der Waals surface area contributed by atoms with Gasteiger partial charge in [0.25, 0.3) is 0 Å². The first-order valence-electron chi connectivity index (χ1n) is 14.4. The highest BCUT2D eigenvalue weighted by Crippen LogP contribution is 2.39. The van der Waals surface area contributed by atoms with Gasteiger partial charge in [-0.25, -0.2) is 0 Å². The second-order valence-electron chi connectivity index (χ2n) is 12.2. The maximum Gasteiger partial charge on any atom is 0.164 e. The van der Waals surface area contributed by atoms with Crippen molar-refractivity contribution in [1.82, 2.24) is 19.9 Å². The lowest BCUT2D eigenvalue weighted by molar-refractivity contribution is 0.409. The topological polar surface area (TPSA) is 66.6 Å². The number of nitrogens with one attached hydrogen (secondary N) is 2. The van der Waals surface area contributed by atoms with Crippen LogP contribution in [0.2, 0.25) is 0 Å². The van der Waals surface area contributed by atoms with Crippen LogP contribution < -0.4 is 4.74 Å². The summed E-state index contributed by atoms with van der Waals surface area (Å²) in [6.07, 6.45) is 5.60. The SMILES string of the molecule is CCc1c(CC)c2cc3nc(c(OC)c4[nH]c(cc5nc(cc1[nH]2)CC5(C)C)c(CC)c4CC)CC3(C)C. The summed E-state index contributed by atoms with van der Waals surface area (Å²) in [7, 11) is 1.78. The molecule has 5 nitrogen and oxygen atoms in total. The van der Waals surface area contributed by atoms with Gasteiger partial charge in [0.15, 0.2) is 5.75 Å². The van der Waals surface area contributed by atoms with E-state index in [9.17, 15) is 0 Å². The normalized spacial score (nSPS) is 16.1. The molecule has 2 aliphatic rings. The largest absolute Gasteiger partial charge is 0.493 e. The fourth-order valence-corrected chi connectivity index (χ4v) is 6.59. The Hall–Kier alpha value is -3.08. The molecular formula is C33H44N4O. The number of hydrogen-bond donors (Lipinski definition) is 2. The number of fused-ring (bicyclic) bond motifs is 8. The predicted molar refractivity (Wildman–Crippen MR) is 159 cm³/mol. The van der Waals surface area contributed by atoms with Crippen LogP contribution in [0, 0.1) is 0 Å². The average Bonchev–Trinajstić information content (AvgIpc) is 3.55. The number of nitrogens with zero attached hydrogens (tertiary/aromatic N) is 2. The molecule has 0 fully saturated rings. The molecule has 0 unspecified atom stereocenters. The summed E-state index contributed by atoms with van der Waals surface area (Å²) in [5.41, 5.74) is 14.3. The zero-order chi connectivity index (χ0) is 27.4. The van der Waals surface area contributed by atoms with Gasteiger partial charge in [-0.1, -0.05) is 55.4 Å². The van der Waals surface area contributed by atoms with E-state index in [0.717, 1.165) is 78.1 Å². The van der Waals surface area contributed by atoms with E-state index in [0.29, 0.717) is 0 Å². The number of H-pyrrole nitrogens is 2.